The van der Waals surface area contributed by atoms with Crippen LogP contribution in [0.5, 0.6) is 0 Å². The summed E-state index contributed by atoms with van der Waals surface area (Å²) in [7, 11) is 1.76. The van der Waals surface area contributed by atoms with Crippen LogP contribution in [0.3, 0.4) is 0 Å². The Kier molecular flexibility index (Phi) is 4.31. The van der Waals surface area contributed by atoms with E-state index in [4.69, 9.17) is 0 Å². The van der Waals surface area contributed by atoms with E-state index in [2.05, 4.69) is 5.32 Å². The molecule has 1 heterocycles. The number of benzene rings is 2. The molecule has 1 aliphatic heterocycles. The van der Waals surface area contributed by atoms with Crippen LogP contribution < -0.4 is 10.2 Å². The van der Waals surface area contributed by atoms with E-state index in [9.17, 15) is 14.4 Å². The summed E-state index contributed by atoms with van der Waals surface area (Å²) in [6, 6.07) is 11.6. The van der Waals surface area contributed by atoms with Gasteiger partial charge in [0.2, 0.25) is 0 Å². The van der Waals surface area contributed by atoms with E-state index in [0.717, 1.165) is 10.6 Å². The summed E-state index contributed by atoms with van der Waals surface area (Å²) in [5.74, 6) is -0.918. The van der Waals surface area contributed by atoms with Gasteiger partial charge in [-0.25, -0.2) is 4.90 Å². The van der Waals surface area contributed by atoms with E-state index >= 15 is 0 Å². The molecule has 0 aromatic heterocycles. The van der Waals surface area contributed by atoms with E-state index in [0.29, 0.717) is 16.8 Å². The van der Waals surface area contributed by atoms with Gasteiger partial charge in [-0.05, 0) is 37.3 Å². The summed E-state index contributed by atoms with van der Waals surface area (Å²) in [6.07, 6.45) is 0. The second-order valence-electron chi connectivity index (χ2n) is 5.06. The van der Waals surface area contributed by atoms with Crippen LogP contribution in [-0.4, -0.2) is 24.6 Å². The number of Topliss-reactive ketones (excluding diaryl/α,β-unsaturated/α-hetero) is 1. The largest absolute Gasteiger partial charge is 0.388 e. The van der Waals surface area contributed by atoms with Crippen LogP contribution in [0.4, 0.5) is 11.4 Å². The molecule has 2 aromatic carbocycles. The quantitative estimate of drug-likeness (QED) is 0.697. The summed E-state index contributed by atoms with van der Waals surface area (Å²) in [5.41, 5.74) is 2.32. The number of hydrogen-bond donors (Lipinski definition) is 1. The Morgan fingerprint density at radius 3 is 2.35 bits per heavy atom. The number of hydrogen-bond acceptors (Lipinski definition) is 4. The highest BCUT2D eigenvalue weighted by Crippen LogP contribution is 2.30. The van der Waals surface area contributed by atoms with Gasteiger partial charge in [-0.2, -0.15) is 0 Å². The second kappa shape index (κ2) is 6.04. The zero-order valence-corrected chi connectivity index (χ0v) is 12.2. The maximum Gasteiger partial charge on any atom is 0.266 e. The fourth-order valence-corrected chi connectivity index (χ4v) is 2.49. The van der Waals surface area contributed by atoms with Crippen molar-refractivity contribution in [1.82, 2.24) is 0 Å². The number of imide groups is 1. The minimum absolute atomic E-state index is 0. The molecule has 0 unspecified atom stereocenters. The van der Waals surface area contributed by atoms with Gasteiger partial charge in [0.25, 0.3) is 11.8 Å². The van der Waals surface area contributed by atoms with Crippen LogP contribution in [0.2, 0.25) is 0 Å². The lowest BCUT2D eigenvalue weighted by Gasteiger charge is -2.14. The molecule has 3 rings (SSSR count). The van der Waals surface area contributed by atoms with Gasteiger partial charge in [-0.3, -0.25) is 14.4 Å². The zero-order chi connectivity index (χ0) is 15.9. The van der Waals surface area contributed by atoms with E-state index in [1.807, 2.05) is 6.07 Å². The molecule has 0 aliphatic carbocycles. The van der Waals surface area contributed by atoms with Gasteiger partial charge in [0.15, 0.2) is 5.78 Å². The van der Waals surface area contributed by atoms with E-state index < -0.39 is 5.91 Å². The third-order valence-corrected chi connectivity index (χ3v) is 3.69. The molecule has 2 amide bonds. The third-order valence-electron chi connectivity index (χ3n) is 3.69. The molecule has 23 heavy (non-hydrogen) atoms. The number of anilines is 2. The molecule has 0 radical (unpaired) electrons. The highest BCUT2D eigenvalue weighted by Gasteiger charge is 2.37. The molecule has 0 bridgehead atoms. The van der Waals surface area contributed by atoms with Gasteiger partial charge in [-0.15, -0.1) is 0 Å². The number of amides is 2. The van der Waals surface area contributed by atoms with Crippen LogP contribution in [0.1, 0.15) is 45.4 Å². The molecule has 0 saturated carbocycles. The standard InChI is InChI=1S/C17H14N2O3.CH4/c1-10(20)11-6-7-14-15(8-11)17(22)19(16(14)21)13-5-3-4-12(9-13)18-2;/h3-9,18H,1-2H3;1H4. The first-order valence-corrected chi connectivity index (χ1v) is 6.84. The fourth-order valence-electron chi connectivity index (χ4n) is 2.49. The normalized spacial score (nSPS) is 12.7. The Labute approximate surface area is 134 Å². The first-order chi connectivity index (χ1) is 10.5. The first-order valence-electron chi connectivity index (χ1n) is 6.84. The van der Waals surface area contributed by atoms with Crippen molar-refractivity contribution in [3.63, 3.8) is 0 Å². The summed E-state index contributed by atoms with van der Waals surface area (Å²) in [5, 5.41) is 2.97. The van der Waals surface area contributed by atoms with Crippen molar-refractivity contribution in [2.45, 2.75) is 14.4 Å². The lowest BCUT2D eigenvalue weighted by molar-refractivity contribution is 0.0925. The van der Waals surface area contributed by atoms with E-state index in [1.165, 1.54) is 19.1 Å². The van der Waals surface area contributed by atoms with Crippen molar-refractivity contribution in [3.8, 4) is 0 Å². The minimum atomic E-state index is -0.406. The number of nitrogens with zero attached hydrogens (tertiary/aromatic N) is 1. The van der Waals surface area contributed by atoms with Gasteiger partial charge in [0, 0.05) is 18.3 Å². The molecule has 1 aliphatic rings. The van der Waals surface area contributed by atoms with Crippen molar-refractivity contribution in [1.29, 1.82) is 0 Å². The summed E-state index contributed by atoms with van der Waals surface area (Å²) < 4.78 is 0. The average molecular weight is 310 g/mol. The number of nitrogens with one attached hydrogen (secondary N) is 1. The average Bonchev–Trinajstić information content (AvgIpc) is 2.78. The van der Waals surface area contributed by atoms with Crippen LogP contribution in [-0.2, 0) is 0 Å². The Hall–Kier alpha value is -2.95. The molecule has 5 nitrogen and oxygen atoms in total. The van der Waals surface area contributed by atoms with Crippen molar-refractivity contribution < 1.29 is 14.4 Å². The summed E-state index contributed by atoms with van der Waals surface area (Å²) in [4.78, 5) is 37.6. The molecular formula is C18H18N2O3. The number of carbonyl (C=O) groups is 3. The van der Waals surface area contributed by atoms with Crippen LogP contribution in [0, 0.1) is 0 Å². The van der Waals surface area contributed by atoms with Gasteiger partial charge in [0.1, 0.15) is 0 Å². The van der Waals surface area contributed by atoms with Crippen molar-refractivity contribution >= 4 is 29.0 Å². The topological polar surface area (TPSA) is 66.5 Å². The minimum Gasteiger partial charge on any atom is -0.388 e. The van der Waals surface area contributed by atoms with Crippen LogP contribution >= 0.6 is 0 Å². The molecule has 0 atom stereocenters. The predicted molar refractivity (Wildman–Crippen MR) is 90.3 cm³/mol. The highest BCUT2D eigenvalue weighted by atomic mass is 16.2. The van der Waals surface area contributed by atoms with Crippen LogP contribution in [0.25, 0.3) is 0 Å². The molecule has 118 valence electrons. The SMILES string of the molecule is C.CNc1cccc(N2C(=O)c3ccc(C(C)=O)cc3C2=O)c1. The molecule has 0 spiro atoms. The number of carbonyl (C=O) groups excluding carboxylic acids is 3. The zero-order valence-electron chi connectivity index (χ0n) is 12.2. The molecule has 2 aromatic rings. The van der Waals surface area contributed by atoms with Crippen molar-refractivity contribution in [2.24, 2.45) is 0 Å². The summed E-state index contributed by atoms with van der Waals surface area (Å²) in [6.45, 7) is 1.43. The van der Waals surface area contributed by atoms with Crippen molar-refractivity contribution in [3.05, 3.63) is 59.2 Å². The van der Waals surface area contributed by atoms with Gasteiger partial charge in [0.05, 0.1) is 16.8 Å². The molecular weight excluding hydrogens is 292 g/mol. The second-order valence-corrected chi connectivity index (χ2v) is 5.06. The first kappa shape index (κ1) is 16.4. The van der Waals surface area contributed by atoms with Crippen molar-refractivity contribution in [2.75, 3.05) is 17.3 Å². The smallest absolute Gasteiger partial charge is 0.266 e. The van der Waals surface area contributed by atoms with Gasteiger partial charge in [-0.1, -0.05) is 19.6 Å². The third kappa shape index (κ3) is 2.61. The summed E-state index contributed by atoms with van der Waals surface area (Å²) >= 11 is 0. The predicted octanol–water partition coefficient (Wildman–Crippen LogP) is 3.37. The van der Waals surface area contributed by atoms with E-state index in [-0.39, 0.29) is 24.7 Å². The monoisotopic (exact) mass is 310 g/mol. The maximum atomic E-state index is 12.6. The fraction of sp³-hybridized carbons (Fsp3) is 0.167. The highest BCUT2D eigenvalue weighted by molar-refractivity contribution is 6.34. The Morgan fingerprint density at radius 1 is 1.00 bits per heavy atom. The lowest BCUT2D eigenvalue weighted by atomic mass is 10.0. The number of rotatable bonds is 3. The molecule has 0 saturated heterocycles. The molecule has 0 fully saturated rings. The number of ketones is 1. The Morgan fingerprint density at radius 2 is 1.70 bits per heavy atom. The Bertz CT molecular complexity index is 812. The van der Waals surface area contributed by atoms with Gasteiger partial charge >= 0.3 is 0 Å². The Balaban J connectivity index is 0.00000192. The number of fused-ring (bicyclic) bond motifs is 1. The molecule has 5 heteroatoms. The molecule has 1 N–H and O–H groups in total. The van der Waals surface area contributed by atoms with E-state index in [1.54, 1.807) is 31.3 Å². The van der Waals surface area contributed by atoms with Crippen LogP contribution in [0.15, 0.2) is 42.5 Å². The van der Waals surface area contributed by atoms with Gasteiger partial charge < -0.3 is 5.32 Å². The maximum absolute atomic E-state index is 12.6. The lowest BCUT2D eigenvalue weighted by Crippen LogP contribution is -2.29.